The van der Waals surface area contributed by atoms with Gasteiger partial charge in [-0.05, 0) is 44.0 Å². The fraction of sp³-hybridized carbons (Fsp3) is 0.273. The molecule has 1 saturated heterocycles. The normalized spacial score (nSPS) is 19.0. The van der Waals surface area contributed by atoms with E-state index in [2.05, 4.69) is 33.9 Å². The molecule has 1 amide bonds. The summed E-state index contributed by atoms with van der Waals surface area (Å²) in [5.74, 6) is 6.65. The fourth-order valence-electron chi connectivity index (χ4n) is 3.45. The number of nitrogens with zero attached hydrogens (tertiary/aromatic N) is 5. The van der Waals surface area contributed by atoms with Crippen LogP contribution in [0, 0.1) is 17.8 Å². The third-order valence-corrected chi connectivity index (χ3v) is 4.99. The first-order chi connectivity index (χ1) is 13.7. The Hall–Kier alpha value is -3.46. The van der Waals surface area contributed by atoms with Crippen molar-refractivity contribution in [3.63, 3.8) is 0 Å². The van der Waals surface area contributed by atoms with Gasteiger partial charge < -0.3 is 4.90 Å². The Balaban J connectivity index is 1.57. The van der Waals surface area contributed by atoms with Crippen molar-refractivity contribution in [2.75, 3.05) is 6.54 Å². The molecule has 0 radical (unpaired) electrons. The Bertz CT molecular complexity index is 1000. The largest absolute Gasteiger partial charge is 0.335 e. The van der Waals surface area contributed by atoms with Crippen molar-refractivity contribution < 1.29 is 4.79 Å². The summed E-state index contributed by atoms with van der Waals surface area (Å²) in [5.41, 5.74) is 2.19. The van der Waals surface area contributed by atoms with E-state index in [1.807, 2.05) is 41.3 Å². The predicted octanol–water partition coefficient (Wildman–Crippen LogP) is 2.95. The molecule has 3 aromatic rings. The van der Waals surface area contributed by atoms with Crippen molar-refractivity contribution >= 4 is 5.91 Å². The zero-order chi connectivity index (χ0) is 19.3. The number of hydrogen-bond donors (Lipinski definition) is 0. The number of carbonyl (C=O) groups excluding carboxylic acids is 1. The van der Waals surface area contributed by atoms with Gasteiger partial charge in [-0.15, -0.1) is 0 Å². The Morgan fingerprint density at radius 1 is 1.07 bits per heavy atom. The SMILES string of the molecule is C[C@@H]1CC[C@@H](C#Cc2cccnc2)CN1C(=O)c1ccccc1-n1nccn1. The molecule has 140 valence electrons. The maximum atomic E-state index is 13.3. The smallest absolute Gasteiger partial charge is 0.256 e. The van der Waals surface area contributed by atoms with Crippen molar-refractivity contribution in [2.45, 2.75) is 25.8 Å². The molecule has 0 spiro atoms. The number of amides is 1. The van der Waals surface area contributed by atoms with E-state index in [0.29, 0.717) is 17.8 Å². The number of benzene rings is 1. The lowest BCUT2D eigenvalue weighted by atomic mass is 9.92. The van der Waals surface area contributed by atoms with E-state index in [1.54, 1.807) is 24.8 Å². The molecule has 1 fully saturated rings. The average Bonchev–Trinajstić information content (AvgIpc) is 3.28. The van der Waals surface area contributed by atoms with Gasteiger partial charge in [0.1, 0.15) is 0 Å². The van der Waals surface area contributed by atoms with Crippen molar-refractivity contribution in [2.24, 2.45) is 5.92 Å². The highest BCUT2D eigenvalue weighted by Crippen LogP contribution is 2.25. The molecular formula is C22H21N5O. The Morgan fingerprint density at radius 3 is 2.68 bits per heavy atom. The molecule has 1 aliphatic heterocycles. The van der Waals surface area contributed by atoms with Crippen LogP contribution in [0.1, 0.15) is 35.7 Å². The van der Waals surface area contributed by atoms with E-state index in [0.717, 1.165) is 18.4 Å². The maximum Gasteiger partial charge on any atom is 0.256 e. The minimum Gasteiger partial charge on any atom is -0.335 e. The predicted molar refractivity (Wildman–Crippen MR) is 106 cm³/mol. The second kappa shape index (κ2) is 8.05. The van der Waals surface area contributed by atoms with Gasteiger partial charge in [0.25, 0.3) is 5.91 Å². The number of hydrogen-bond acceptors (Lipinski definition) is 4. The molecule has 1 aliphatic rings. The number of carbonyl (C=O) groups is 1. The number of likely N-dealkylation sites (tertiary alicyclic amines) is 1. The Kier molecular flexibility index (Phi) is 5.16. The number of pyridine rings is 1. The summed E-state index contributed by atoms with van der Waals surface area (Å²) in [6.07, 6.45) is 8.62. The Morgan fingerprint density at radius 2 is 1.89 bits per heavy atom. The van der Waals surface area contributed by atoms with Crippen LogP contribution in [-0.2, 0) is 0 Å². The molecule has 4 rings (SSSR count). The monoisotopic (exact) mass is 371 g/mol. The maximum absolute atomic E-state index is 13.3. The summed E-state index contributed by atoms with van der Waals surface area (Å²) < 4.78 is 0. The number of aromatic nitrogens is 4. The summed E-state index contributed by atoms with van der Waals surface area (Å²) in [5, 5.41) is 8.36. The van der Waals surface area contributed by atoms with Gasteiger partial charge in [0.05, 0.1) is 23.6 Å². The lowest BCUT2D eigenvalue weighted by Crippen LogP contribution is -2.45. The minimum absolute atomic E-state index is 0.00622. The second-order valence-electron chi connectivity index (χ2n) is 6.93. The molecule has 0 N–H and O–H groups in total. The summed E-state index contributed by atoms with van der Waals surface area (Å²) in [6.45, 7) is 2.71. The van der Waals surface area contributed by atoms with Crippen molar-refractivity contribution in [3.8, 4) is 17.5 Å². The highest BCUT2D eigenvalue weighted by atomic mass is 16.2. The Labute approximate surface area is 164 Å². The molecule has 1 aromatic carbocycles. The number of piperidine rings is 1. The van der Waals surface area contributed by atoms with Gasteiger partial charge in [0.2, 0.25) is 0 Å². The van der Waals surface area contributed by atoms with Crippen LogP contribution >= 0.6 is 0 Å². The van der Waals surface area contributed by atoms with Crippen LogP contribution in [0.4, 0.5) is 0 Å². The zero-order valence-electron chi connectivity index (χ0n) is 15.7. The summed E-state index contributed by atoms with van der Waals surface area (Å²) in [6, 6.07) is 11.4. The lowest BCUT2D eigenvalue weighted by molar-refractivity contribution is 0.0598. The molecule has 0 unspecified atom stereocenters. The topological polar surface area (TPSA) is 63.9 Å². The van der Waals surface area contributed by atoms with Gasteiger partial charge in [0, 0.05) is 36.5 Å². The van der Waals surface area contributed by atoms with Gasteiger partial charge in [-0.1, -0.05) is 24.0 Å². The fourth-order valence-corrected chi connectivity index (χ4v) is 3.45. The van der Waals surface area contributed by atoms with E-state index in [4.69, 9.17) is 0 Å². The molecule has 6 heteroatoms. The van der Waals surface area contributed by atoms with Crippen LogP contribution < -0.4 is 0 Å². The zero-order valence-corrected chi connectivity index (χ0v) is 15.7. The molecular weight excluding hydrogens is 350 g/mol. The second-order valence-corrected chi connectivity index (χ2v) is 6.93. The molecule has 6 nitrogen and oxygen atoms in total. The molecule has 28 heavy (non-hydrogen) atoms. The van der Waals surface area contributed by atoms with Gasteiger partial charge >= 0.3 is 0 Å². The average molecular weight is 371 g/mol. The quantitative estimate of drug-likeness (QED) is 0.650. The van der Waals surface area contributed by atoms with Gasteiger partial charge in [-0.3, -0.25) is 9.78 Å². The van der Waals surface area contributed by atoms with Crippen LogP contribution in [0.15, 0.2) is 61.2 Å². The van der Waals surface area contributed by atoms with E-state index < -0.39 is 0 Å². The van der Waals surface area contributed by atoms with E-state index in [9.17, 15) is 4.79 Å². The van der Waals surface area contributed by atoms with E-state index >= 15 is 0 Å². The van der Waals surface area contributed by atoms with Crippen LogP contribution in [0.2, 0.25) is 0 Å². The first-order valence-corrected chi connectivity index (χ1v) is 9.40. The van der Waals surface area contributed by atoms with Gasteiger partial charge in [-0.25, -0.2) is 0 Å². The lowest BCUT2D eigenvalue weighted by Gasteiger charge is -2.36. The van der Waals surface area contributed by atoms with Crippen molar-refractivity contribution in [1.29, 1.82) is 0 Å². The molecule has 0 aliphatic carbocycles. The summed E-state index contributed by atoms with van der Waals surface area (Å²) in [7, 11) is 0. The highest BCUT2D eigenvalue weighted by Gasteiger charge is 2.30. The van der Waals surface area contributed by atoms with E-state index in [1.165, 1.54) is 4.80 Å². The summed E-state index contributed by atoms with van der Waals surface area (Å²) in [4.78, 5) is 20.9. The minimum atomic E-state index is -0.00622. The van der Waals surface area contributed by atoms with Crippen molar-refractivity contribution in [1.82, 2.24) is 24.9 Å². The first-order valence-electron chi connectivity index (χ1n) is 9.40. The molecule has 0 bridgehead atoms. The number of rotatable bonds is 2. The van der Waals surface area contributed by atoms with Gasteiger partial charge in [-0.2, -0.15) is 15.0 Å². The highest BCUT2D eigenvalue weighted by molar-refractivity contribution is 5.98. The van der Waals surface area contributed by atoms with Gasteiger partial charge in [0.15, 0.2) is 0 Å². The molecule has 3 heterocycles. The van der Waals surface area contributed by atoms with Crippen LogP contribution in [0.3, 0.4) is 0 Å². The van der Waals surface area contributed by atoms with E-state index in [-0.39, 0.29) is 17.9 Å². The standard InChI is InChI=1S/C22H21N5O/c1-17-8-9-19(11-10-18-5-4-12-23-15-18)16-26(17)22(28)20-6-2-3-7-21(20)27-24-13-14-25-27/h2-7,12-15,17,19H,8-9,16H2,1H3/t17-,19+/m1/s1. The van der Waals surface area contributed by atoms with Crippen LogP contribution in [0.25, 0.3) is 5.69 Å². The van der Waals surface area contributed by atoms with Crippen molar-refractivity contribution in [3.05, 3.63) is 72.3 Å². The summed E-state index contributed by atoms with van der Waals surface area (Å²) >= 11 is 0. The third-order valence-electron chi connectivity index (χ3n) is 4.99. The first kappa shape index (κ1) is 17.9. The third kappa shape index (κ3) is 3.79. The van der Waals surface area contributed by atoms with Crippen LogP contribution in [0.5, 0.6) is 0 Å². The molecule has 2 aromatic heterocycles. The number of para-hydroxylation sites is 1. The van der Waals surface area contributed by atoms with Crippen LogP contribution in [-0.4, -0.2) is 43.4 Å². The molecule has 0 saturated carbocycles. The molecule has 2 atom stereocenters.